The van der Waals surface area contributed by atoms with Crippen LogP contribution < -0.4 is 10.7 Å². The van der Waals surface area contributed by atoms with Gasteiger partial charge in [0.05, 0.1) is 16.3 Å². The zero-order valence-corrected chi connectivity index (χ0v) is 16.8. The van der Waals surface area contributed by atoms with Crippen molar-refractivity contribution in [3.63, 3.8) is 0 Å². The molecule has 1 aromatic heterocycles. The van der Waals surface area contributed by atoms with E-state index in [1.807, 2.05) is 0 Å². The van der Waals surface area contributed by atoms with E-state index in [2.05, 4.69) is 20.8 Å². The topological polar surface area (TPSA) is 83.4 Å². The summed E-state index contributed by atoms with van der Waals surface area (Å²) in [5, 5.41) is 7.62. The fourth-order valence-corrected chi connectivity index (χ4v) is 2.93. The summed E-state index contributed by atoms with van der Waals surface area (Å²) in [6.07, 6.45) is 3.07. The summed E-state index contributed by atoms with van der Waals surface area (Å²) in [6, 6.07) is 14.9. The first-order valence-corrected chi connectivity index (χ1v) is 9.31. The molecule has 0 aliphatic rings. The van der Waals surface area contributed by atoms with E-state index in [0.717, 1.165) is 5.56 Å². The van der Waals surface area contributed by atoms with Crippen molar-refractivity contribution in [2.45, 2.75) is 6.92 Å². The van der Waals surface area contributed by atoms with Crippen LogP contribution in [0.4, 0.5) is 5.69 Å². The number of amides is 2. The van der Waals surface area contributed by atoms with E-state index in [4.69, 9.17) is 23.2 Å². The molecule has 0 aliphatic carbocycles. The minimum Gasteiger partial charge on any atom is -0.322 e. The molecule has 0 unspecified atom stereocenters. The van der Waals surface area contributed by atoms with Crippen LogP contribution in [0.25, 0.3) is 0 Å². The Bertz CT molecular complexity index is 1070. The lowest BCUT2D eigenvalue weighted by molar-refractivity contribution is 0.0954. The zero-order chi connectivity index (χ0) is 20.8. The first-order chi connectivity index (χ1) is 13.9. The van der Waals surface area contributed by atoms with E-state index in [0.29, 0.717) is 27.5 Å². The van der Waals surface area contributed by atoms with Gasteiger partial charge in [0, 0.05) is 28.7 Å². The molecule has 0 fully saturated rings. The van der Waals surface area contributed by atoms with Crippen molar-refractivity contribution in [2.75, 3.05) is 5.32 Å². The van der Waals surface area contributed by atoms with E-state index < -0.39 is 0 Å². The highest BCUT2D eigenvalue weighted by atomic mass is 35.5. The summed E-state index contributed by atoms with van der Waals surface area (Å²) in [5.74, 6) is -0.662. The van der Waals surface area contributed by atoms with Crippen molar-refractivity contribution in [3.05, 3.63) is 93.7 Å². The number of nitrogens with zero attached hydrogens (tertiary/aromatic N) is 2. The largest absolute Gasteiger partial charge is 0.322 e. The van der Waals surface area contributed by atoms with Crippen molar-refractivity contribution in [1.82, 2.24) is 10.4 Å². The lowest BCUT2D eigenvalue weighted by atomic mass is 10.1. The summed E-state index contributed by atoms with van der Waals surface area (Å²) in [4.78, 5) is 28.3. The van der Waals surface area contributed by atoms with Gasteiger partial charge >= 0.3 is 0 Å². The molecule has 2 N–H and O–H groups in total. The first-order valence-electron chi connectivity index (χ1n) is 8.55. The van der Waals surface area contributed by atoms with Crippen molar-refractivity contribution >= 4 is 46.4 Å². The molecule has 0 atom stereocenters. The molecule has 1 heterocycles. The normalized spacial score (nSPS) is 11.1. The van der Waals surface area contributed by atoms with Gasteiger partial charge in [0.15, 0.2) is 0 Å². The molecule has 3 rings (SSSR count). The number of carbonyl (C=O) groups excluding carboxylic acids is 2. The Morgan fingerprint density at radius 3 is 2.24 bits per heavy atom. The molecule has 29 heavy (non-hydrogen) atoms. The van der Waals surface area contributed by atoms with Crippen LogP contribution >= 0.6 is 23.2 Å². The maximum Gasteiger partial charge on any atom is 0.271 e. The lowest BCUT2D eigenvalue weighted by Gasteiger charge is -2.08. The molecular formula is C21H16Cl2N4O2. The van der Waals surface area contributed by atoms with E-state index >= 15 is 0 Å². The van der Waals surface area contributed by atoms with Crippen molar-refractivity contribution < 1.29 is 9.59 Å². The second-order valence-corrected chi connectivity index (χ2v) is 6.87. The van der Waals surface area contributed by atoms with Crippen LogP contribution in [0.3, 0.4) is 0 Å². The number of benzene rings is 2. The minimum atomic E-state index is -0.339. The molecule has 0 saturated carbocycles. The molecule has 0 spiro atoms. The van der Waals surface area contributed by atoms with Gasteiger partial charge < -0.3 is 5.32 Å². The van der Waals surface area contributed by atoms with Crippen LogP contribution in [0.15, 0.2) is 72.1 Å². The Morgan fingerprint density at radius 1 is 0.897 bits per heavy atom. The van der Waals surface area contributed by atoms with Gasteiger partial charge in [-0.15, -0.1) is 0 Å². The SMILES string of the molecule is C/C(=N\NC(=O)c1ccncc1)c1ccc(NC(=O)c2ccc(Cl)cc2Cl)cc1. The van der Waals surface area contributed by atoms with Crippen molar-refractivity contribution in [1.29, 1.82) is 0 Å². The van der Waals surface area contributed by atoms with Crippen LogP contribution in [-0.2, 0) is 0 Å². The van der Waals surface area contributed by atoms with Gasteiger partial charge in [-0.3, -0.25) is 14.6 Å². The first kappa shape index (κ1) is 20.5. The number of nitrogens with one attached hydrogen (secondary N) is 2. The summed E-state index contributed by atoms with van der Waals surface area (Å²) < 4.78 is 0. The quantitative estimate of drug-likeness (QED) is 0.454. The number of carbonyl (C=O) groups is 2. The average molecular weight is 427 g/mol. The van der Waals surface area contributed by atoms with E-state index in [1.165, 1.54) is 18.5 Å². The van der Waals surface area contributed by atoms with E-state index in [1.54, 1.807) is 55.5 Å². The molecule has 8 heteroatoms. The molecular weight excluding hydrogens is 411 g/mol. The highest BCUT2D eigenvalue weighted by Gasteiger charge is 2.11. The Labute approximate surface area is 177 Å². The number of hydrazone groups is 1. The fourth-order valence-electron chi connectivity index (χ4n) is 2.43. The maximum atomic E-state index is 12.4. The summed E-state index contributed by atoms with van der Waals surface area (Å²) in [5.41, 5.74) is 5.31. The van der Waals surface area contributed by atoms with E-state index in [-0.39, 0.29) is 16.8 Å². The Kier molecular flexibility index (Phi) is 6.59. The number of rotatable bonds is 5. The van der Waals surface area contributed by atoms with Crippen LogP contribution in [-0.4, -0.2) is 22.5 Å². The van der Waals surface area contributed by atoms with Crippen molar-refractivity contribution in [3.8, 4) is 0 Å². The third kappa shape index (κ3) is 5.40. The Hall–Kier alpha value is -3.22. The third-order valence-corrected chi connectivity index (χ3v) is 4.55. The standard InChI is InChI=1S/C21H16Cl2N4O2/c1-13(26-27-20(28)15-8-10-24-11-9-15)14-2-5-17(6-3-14)25-21(29)18-7-4-16(22)12-19(18)23/h2-12H,1H3,(H,25,29)(H,27,28)/b26-13+. The Balaban J connectivity index is 1.64. The Morgan fingerprint density at radius 2 is 1.59 bits per heavy atom. The van der Waals surface area contributed by atoms with Gasteiger partial charge in [0.25, 0.3) is 11.8 Å². The third-order valence-electron chi connectivity index (χ3n) is 4.00. The number of hydrogen-bond donors (Lipinski definition) is 2. The van der Waals surface area contributed by atoms with Crippen molar-refractivity contribution in [2.24, 2.45) is 5.10 Å². The van der Waals surface area contributed by atoms with Gasteiger partial charge in [-0.05, 0) is 55.0 Å². The highest BCUT2D eigenvalue weighted by Crippen LogP contribution is 2.22. The molecule has 0 radical (unpaired) electrons. The van der Waals surface area contributed by atoms with Gasteiger partial charge in [-0.25, -0.2) is 5.43 Å². The van der Waals surface area contributed by atoms with Gasteiger partial charge in [-0.2, -0.15) is 5.10 Å². The van der Waals surface area contributed by atoms with Gasteiger partial charge in [-0.1, -0.05) is 35.3 Å². The van der Waals surface area contributed by atoms with Crippen LogP contribution in [0, 0.1) is 0 Å². The fraction of sp³-hybridized carbons (Fsp3) is 0.0476. The number of pyridine rings is 1. The maximum absolute atomic E-state index is 12.4. The minimum absolute atomic E-state index is 0.277. The van der Waals surface area contributed by atoms with Crippen LogP contribution in [0.5, 0.6) is 0 Å². The second kappa shape index (κ2) is 9.32. The monoisotopic (exact) mass is 426 g/mol. The average Bonchev–Trinajstić information content (AvgIpc) is 2.72. The zero-order valence-electron chi connectivity index (χ0n) is 15.3. The summed E-state index contributed by atoms with van der Waals surface area (Å²) in [6.45, 7) is 1.77. The number of halogens is 2. The number of anilines is 1. The van der Waals surface area contributed by atoms with E-state index in [9.17, 15) is 9.59 Å². The summed E-state index contributed by atoms with van der Waals surface area (Å²) in [7, 11) is 0. The smallest absolute Gasteiger partial charge is 0.271 e. The summed E-state index contributed by atoms with van der Waals surface area (Å²) >= 11 is 11.9. The second-order valence-electron chi connectivity index (χ2n) is 6.03. The lowest BCUT2D eigenvalue weighted by Crippen LogP contribution is -2.19. The molecule has 146 valence electrons. The van der Waals surface area contributed by atoms with Crippen LogP contribution in [0.2, 0.25) is 10.0 Å². The number of aromatic nitrogens is 1. The highest BCUT2D eigenvalue weighted by molar-refractivity contribution is 6.37. The molecule has 0 saturated heterocycles. The van der Waals surface area contributed by atoms with Crippen LogP contribution in [0.1, 0.15) is 33.2 Å². The molecule has 6 nitrogen and oxygen atoms in total. The number of hydrogen-bond acceptors (Lipinski definition) is 4. The predicted octanol–water partition coefficient (Wildman–Crippen LogP) is 4.79. The molecule has 3 aromatic rings. The van der Waals surface area contributed by atoms with Gasteiger partial charge in [0.2, 0.25) is 0 Å². The van der Waals surface area contributed by atoms with Gasteiger partial charge in [0.1, 0.15) is 0 Å². The molecule has 2 amide bonds. The molecule has 0 aliphatic heterocycles. The predicted molar refractivity (Wildman–Crippen MR) is 115 cm³/mol. The molecule has 0 bridgehead atoms. The molecule has 2 aromatic carbocycles.